The number of nitrogens with zero attached hydrogens (tertiary/aromatic N) is 6. The highest BCUT2D eigenvalue weighted by atomic mass is 19.1. The molecule has 0 atom stereocenters. The summed E-state index contributed by atoms with van der Waals surface area (Å²) in [5, 5.41) is 6.77. The minimum atomic E-state index is -0.878. The Morgan fingerprint density at radius 2 is 1.78 bits per heavy atom. The molecule has 0 saturated heterocycles. The number of hydrogen-bond acceptors (Lipinski definition) is 5. The first-order valence-electron chi connectivity index (χ1n) is 9.35. The average Bonchev–Trinajstić information content (AvgIpc) is 2.77. The summed E-state index contributed by atoms with van der Waals surface area (Å²) in [5.74, 6) is -1.63. The van der Waals surface area contributed by atoms with E-state index in [1.54, 1.807) is 6.07 Å². The fourth-order valence-corrected chi connectivity index (χ4v) is 3.27. The zero-order valence-corrected chi connectivity index (χ0v) is 16.3. The first-order valence-corrected chi connectivity index (χ1v) is 9.35. The summed E-state index contributed by atoms with van der Waals surface area (Å²) < 4.78 is 43.1. The molecule has 4 rings (SSSR count). The largest absolute Gasteiger partial charge is 0.325 e. The molecule has 0 aliphatic rings. The Bertz CT molecular complexity index is 1390. The van der Waals surface area contributed by atoms with E-state index < -0.39 is 28.6 Å². The lowest BCUT2D eigenvalue weighted by Crippen LogP contribution is -2.24. The summed E-state index contributed by atoms with van der Waals surface area (Å²) in [6.07, 6.45) is 2.46. The Morgan fingerprint density at radius 1 is 1.03 bits per heavy atom. The second-order valence-corrected chi connectivity index (χ2v) is 6.68. The van der Waals surface area contributed by atoms with E-state index >= 15 is 0 Å². The molecule has 0 radical (unpaired) electrons. The van der Waals surface area contributed by atoms with Gasteiger partial charge >= 0.3 is 0 Å². The SMILES string of the molecule is [N-]=[N+]=NCCn1c(=O)c(-c2c(F)cccc2F)cc2cnc(Nc3ccc(F)cn3)cc21. The Kier molecular flexibility index (Phi) is 5.73. The van der Waals surface area contributed by atoms with Gasteiger partial charge in [0, 0.05) is 35.7 Å². The van der Waals surface area contributed by atoms with Gasteiger partial charge in [-0.1, -0.05) is 11.2 Å². The fraction of sp³-hybridized carbons (Fsp3) is 0.0952. The molecule has 1 aromatic carbocycles. The van der Waals surface area contributed by atoms with E-state index in [0.717, 1.165) is 18.3 Å². The summed E-state index contributed by atoms with van der Waals surface area (Å²) in [6, 6.07) is 8.87. The smallest absolute Gasteiger partial charge is 0.259 e. The zero-order chi connectivity index (χ0) is 22.7. The van der Waals surface area contributed by atoms with Crippen molar-refractivity contribution in [1.82, 2.24) is 14.5 Å². The van der Waals surface area contributed by atoms with Crippen LogP contribution < -0.4 is 10.9 Å². The molecule has 8 nitrogen and oxygen atoms in total. The maximum absolute atomic E-state index is 14.4. The van der Waals surface area contributed by atoms with Crippen molar-refractivity contribution in [2.45, 2.75) is 6.54 Å². The lowest BCUT2D eigenvalue weighted by Gasteiger charge is -2.14. The van der Waals surface area contributed by atoms with E-state index in [9.17, 15) is 18.0 Å². The van der Waals surface area contributed by atoms with Crippen LogP contribution in [-0.4, -0.2) is 21.1 Å². The van der Waals surface area contributed by atoms with Crippen LogP contribution in [0.15, 0.2) is 64.8 Å². The normalized spacial score (nSPS) is 10.7. The van der Waals surface area contributed by atoms with Gasteiger partial charge in [-0.25, -0.2) is 23.1 Å². The summed E-state index contributed by atoms with van der Waals surface area (Å²) in [5.41, 5.74) is 7.68. The van der Waals surface area contributed by atoms with Gasteiger partial charge in [0.05, 0.1) is 22.8 Å². The number of halogens is 3. The van der Waals surface area contributed by atoms with Gasteiger partial charge in [-0.3, -0.25) is 4.79 Å². The number of anilines is 2. The molecular weight excluding hydrogens is 423 g/mol. The number of azide groups is 1. The summed E-state index contributed by atoms with van der Waals surface area (Å²) in [4.78, 5) is 24.0. The van der Waals surface area contributed by atoms with Gasteiger partial charge in [-0.05, 0) is 35.9 Å². The van der Waals surface area contributed by atoms with Gasteiger partial charge in [-0.2, -0.15) is 0 Å². The summed E-state index contributed by atoms with van der Waals surface area (Å²) in [7, 11) is 0. The first-order chi connectivity index (χ1) is 15.5. The number of aromatic nitrogens is 3. The third-order valence-corrected chi connectivity index (χ3v) is 4.68. The van der Waals surface area contributed by atoms with E-state index in [1.165, 1.54) is 35.0 Å². The molecule has 0 amide bonds. The van der Waals surface area contributed by atoms with Crippen LogP contribution in [0.2, 0.25) is 0 Å². The molecule has 0 spiro atoms. The second-order valence-electron chi connectivity index (χ2n) is 6.68. The van der Waals surface area contributed by atoms with Gasteiger partial charge in [0.25, 0.3) is 5.56 Å². The second kappa shape index (κ2) is 8.78. The lowest BCUT2D eigenvalue weighted by molar-refractivity contribution is 0.588. The average molecular weight is 437 g/mol. The molecule has 0 fully saturated rings. The van der Waals surface area contributed by atoms with Crippen LogP contribution >= 0.6 is 0 Å². The van der Waals surface area contributed by atoms with E-state index in [1.807, 2.05) is 0 Å². The standard InChI is InChI=1S/C21H14F3N7O/c22-13-4-5-18(27-11-13)29-19-9-17-12(10-26-19)8-14(20-15(23)2-1-3-16(20)24)21(32)31(17)7-6-28-30-25/h1-5,8-11H,6-7H2,(H,26,27,29). The maximum atomic E-state index is 14.4. The monoisotopic (exact) mass is 437 g/mol. The van der Waals surface area contributed by atoms with E-state index in [4.69, 9.17) is 5.53 Å². The summed E-state index contributed by atoms with van der Waals surface area (Å²) in [6.45, 7) is -0.0825. The van der Waals surface area contributed by atoms with Crippen molar-refractivity contribution in [1.29, 1.82) is 0 Å². The van der Waals surface area contributed by atoms with Crippen LogP contribution in [0.3, 0.4) is 0 Å². The molecule has 3 aromatic heterocycles. The predicted octanol–water partition coefficient (Wildman–Crippen LogP) is 4.93. The Morgan fingerprint density at radius 3 is 2.47 bits per heavy atom. The molecule has 160 valence electrons. The third-order valence-electron chi connectivity index (χ3n) is 4.68. The maximum Gasteiger partial charge on any atom is 0.259 e. The highest BCUT2D eigenvalue weighted by Crippen LogP contribution is 2.27. The topological polar surface area (TPSA) is 109 Å². The number of pyridine rings is 3. The minimum absolute atomic E-state index is 0.0262. The molecule has 0 saturated carbocycles. The van der Waals surface area contributed by atoms with Crippen LogP contribution in [0.25, 0.3) is 32.5 Å². The highest BCUT2D eigenvalue weighted by Gasteiger charge is 2.18. The van der Waals surface area contributed by atoms with Crippen molar-refractivity contribution >= 4 is 22.5 Å². The van der Waals surface area contributed by atoms with Crippen LogP contribution in [0.1, 0.15) is 0 Å². The molecule has 32 heavy (non-hydrogen) atoms. The van der Waals surface area contributed by atoms with Gasteiger partial charge in [0.1, 0.15) is 29.1 Å². The molecule has 0 aliphatic carbocycles. The van der Waals surface area contributed by atoms with E-state index in [0.29, 0.717) is 22.5 Å². The van der Waals surface area contributed by atoms with Gasteiger partial charge in [0.2, 0.25) is 0 Å². The predicted molar refractivity (Wildman–Crippen MR) is 113 cm³/mol. The van der Waals surface area contributed by atoms with Crippen LogP contribution in [0.5, 0.6) is 0 Å². The van der Waals surface area contributed by atoms with E-state index in [2.05, 4.69) is 25.3 Å². The van der Waals surface area contributed by atoms with Crippen molar-refractivity contribution in [2.75, 3.05) is 11.9 Å². The van der Waals surface area contributed by atoms with E-state index in [-0.39, 0.29) is 18.7 Å². The number of benzene rings is 1. The molecule has 1 N–H and O–H groups in total. The molecule has 0 unspecified atom stereocenters. The molecule has 0 bridgehead atoms. The Labute approximate surface area is 178 Å². The quantitative estimate of drug-likeness (QED) is 0.262. The first kappa shape index (κ1) is 20.9. The Balaban J connectivity index is 1.88. The minimum Gasteiger partial charge on any atom is -0.325 e. The van der Waals surface area contributed by atoms with Crippen molar-refractivity contribution in [3.8, 4) is 11.1 Å². The summed E-state index contributed by atoms with van der Waals surface area (Å²) >= 11 is 0. The van der Waals surface area contributed by atoms with Crippen molar-refractivity contribution in [2.24, 2.45) is 5.11 Å². The van der Waals surface area contributed by atoms with Crippen LogP contribution in [-0.2, 0) is 6.54 Å². The van der Waals surface area contributed by atoms with Crippen LogP contribution in [0, 0.1) is 17.5 Å². The highest BCUT2D eigenvalue weighted by molar-refractivity contribution is 5.85. The molecule has 4 aromatic rings. The number of fused-ring (bicyclic) bond motifs is 1. The Hall–Kier alpha value is -4.37. The number of rotatable bonds is 6. The van der Waals surface area contributed by atoms with Crippen LogP contribution in [0.4, 0.5) is 24.8 Å². The van der Waals surface area contributed by atoms with Crippen molar-refractivity contribution < 1.29 is 13.2 Å². The third kappa shape index (κ3) is 4.09. The number of nitrogens with one attached hydrogen (secondary N) is 1. The molecule has 0 aliphatic heterocycles. The molecule has 3 heterocycles. The zero-order valence-electron chi connectivity index (χ0n) is 16.3. The van der Waals surface area contributed by atoms with Gasteiger partial charge < -0.3 is 9.88 Å². The lowest BCUT2D eigenvalue weighted by atomic mass is 10.0. The molecule has 11 heteroatoms. The van der Waals surface area contributed by atoms with Crippen molar-refractivity contribution in [3.63, 3.8) is 0 Å². The number of hydrogen-bond donors (Lipinski definition) is 1. The fourth-order valence-electron chi connectivity index (χ4n) is 3.27. The van der Waals surface area contributed by atoms with Gasteiger partial charge in [-0.15, -0.1) is 0 Å². The molecular formula is C21H14F3N7O. The van der Waals surface area contributed by atoms with Crippen molar-refractivity contribution in [3.05, 3.63) is 93.1 Å². The van der Waals surface area contributed by atoms with Gasteiger partial charge in [0.15, 0.2) is 0 Å².